The van der Waals surface area contributed by atoms with E-state index >= 15 is 0 Å². The highest BCUT2D eigenvalue weighted by molar-refractivity contribution is 5.79. The molecule has 0 aliphatic carbocycles. The van der Waals surface area contributed by atoms with Crippen LogP contribution in [0.1, 0.15) is 31.5 Å². The number of allylic oxidation sites excluding steroid dienone is 1. The van der Waals surface area contributed by atoms with Crippen LogP contribution in [0.4, 0.5) is 0 Å². The molecule has 1 aromatic rings. The van der Waals surface area contributed by atoms with E-state index in [0.29, 0.717) is 6.54 Å². The van der Waals surface area contributed by atoms with Crippen LogP contribution in [0.3, 0.4) is 0 Å². The van der Waals surface area contributed by atoms with E-state index in [4.69, 9.17) is 0 Å². The molecule has 1 rings (SSSR count). The molecule has 0 atom stereocenters. The van der Waals surface area contributed by atoms with Gasteiger partial charge < -0.3 is 10.2 Å². The number of unbranched alkanes of at least 4 members (excludes halogenated alkanes) is 3. The van der Waals surface area contributed by atoms with Crippen molar-refractivity contribution in [3.05, 3.63) is 24.8 Å². The maximum Gasteiger partial charge on any atom is 0.193 e. The van der Waals surface area contributed by atoms with Gasteiger partial charge in [-0.3, -0.25) is 9.67 Å². The molecule has 20 heavy (non-hydrogen) atoms. The van der Waals surface area contributed by atoms with Gasteiger partial charge in [-0.15, -0.1) is 6.58 Å². The van der Waals surface area contributed by atoms with Gasteiger partial charge in [0.05, 0.1) is 6.54 Å². The maximum atomic E-state index is 4.29. The molecule has 0 fully saturated rings. The fourth-order valence-electron chi connectivity index (χ4n) is 1.94. The topological polar surface area (TPSA) is 58.3 Å². The van der Waals surface area contributed by atoms with Gasteiger partial charge in [-0.25, -0.2) is 4.98 Å². The zero-order valence-corrected chi connectivity index (χ0v) is 12.8. The molecular formula is C14H26N6. The number of hydrogen-bond donors (Lipinski definition) is 1. The Hall–Kier alpha value is -1.85. The molecule has 0 aliphatic rings. The number of aliphatic imine (C=N–C) groups is 1. The molecule has 6 heteroatoms. The lowest BCUT2D eigenvalue weighted by Crippen LogP contribution is -2.39. The highest BCUT2D eigenvalue weighted by Gasteiger charge is 2.07. The van der Waals surface area contributed by atoms with E-state index in [0.717, 1.165) is 31.2 Å². The Kier molecular flexibility index (Phi) is 7.39. The van der Waals surface area contributed by atoms with Crippen molar-refractivity contribution in [2.24, 2.45) is 12.0 Å². The van der Waals surface area contributed by atoms with E-state index in [2.05, 4.69) is 38.9 Å². The van der Waals surface area contributed by atoms with Gasteiger partial charge in [0.15, 0.2) is 5.96 Å². The summed E-state index contributed by atoms with van der Waals surface area (Å²) in [5.41, 5.74) is 0. The van der Waals surface area contributed by atoms with E-state index in [1.165, 1.54) is 12.8 Å². The zero-order valence-electron chi connectivity index (χ0n) is 12.8. The second-order valence-corrected chi connectivity index (χ2v) is 4.76. The highest BCUT2D eigenvalue weighted by Crippen LogP contribution is 2.01. The Morgan fingerprint density at radius 3 is 2.90 bits per heavy atom. The van der Waals surface area contributed by atoms with Gasteiger partial charge in [0.2, 0.25) is 0 Å². The van der Waals surface area contributed by atoms with Gasteiger partial charge >= 0.3 is 0 Å². The van der Waals surface area contributed by atoms with Crippen LogP contribution in [0, 0.1) is 0 Å². The lowest BCUT2D eigenvalue weighted by Gasteiger charge is -2.21. The van der Waals surface area contributed by atoms with Crippen LogP contribution in [0.25, 0.3) is 0 Å². The predicted molar refractivity (Wildman–Crippen MR) is 82.5 cm³/mol. The molecule has 0 radical (unpaired) electrons. The fraction of sp³-hybridized carbons (Fsp3) is 0.643. The molecular weight excluding hydrogens is 252 g/mol. The minimum Gasteiger partial charge on any atom is -0.349 e. The van der Waals surface area contributed by atoms with Crippen molar-refractivity contribution in [2.45, 2.75) is 32.2 Å². The number of aromatic nitrogens is 3. The normalized spacial score (nSPS) is 11.4. The van der Waals surface area contributed by atoms with Crippen LogP contribution in [-0.4, -0.2) is 46.3 Å². The molecule has 1 heterocycles. The van der Waals surface area contributed by atoms with E-state index < -0.39 is 0 Å². The molecule has 0 saturated heterocycles. The van der Waals surface area contributed by atoms with E-state index in [1.54, 1.807) is 18.1 Å². The lowest BCUT2D eigenvalue weighted by molar-refractivity contribution is 0.453. The minimum atomic E-state index is 0.629. The number of nitrogens with zero attached hydrogens (tertiary/aromatic N) is 5. The van der Waals surface area contributed by atoms with Crippen molar-refractivity contribution in [3.8, 4) is 0 Å². The predicted octanol–water partition coefficient (Wildman–Crippen LogP) is 1.57. The molecule has 1 N–H and O–H groups in total. The maximum absolute atomic E-state index is 4.29. The van der Waals surface area contributed by atoms with Crippen molar-refractivity contribution in [1.29, 1.82) is 0 Å². The van der Waals surface area contributed by atoms with E-state index in [1.807, 2.05) is 13.1 Å². The molecule has 0 amide bonds. The van der Waals surface area contributed by atoms with Crippen molar-refractivity contribution >= 4 is 5.96 Å². The standard InChI is InChI=1S/C14H26N6/c1-5-6-7-8-9-10-19(3)14(15-2)16-11-13-17-12-18-20(13)4/h5,12H,1,6-11H2,2-4H3,(H,15,16). The average molecular weight is 278 g/mol. The number of hydrogen-bond acceptors (Lipinski definition) is 3. The van der Waals surface area contributed by atoms with Gasteiger partial charge in [0, 0.05) is 27.7 Å². The summed E-state index contributed by atoms with van der Waals surface area (Å²) in [6.45, 7) is 5.36. The molecule has 0 aromatic carbocycles. The van der Waals surface area contributed by atoms with Crippen molar-refractivity contribution in [2.75, 3.05) is 20.6 Å². The van der Waals surface area contributed by atoms with Gasteiger partial charge in [-0.1, -0.05) is 12.5 Å². The molecule has 0 spiro atoms. The van der Waals surface area contributed by atoms with Gasteiger partial charge in [0.25, 0.3) is 0 Å². The monoisotopic (exact) mass is 278 g/mol. The lowest BCUT2D eigenvalue weighted by atomic mass is 10.2. The third-order valence-corrected chi connectivity index (χ3v) is 3.18. The molecule has 0 unspecified atom stereocenters. The Bertz CT molecular complexity index is 423. The molecule has 0 saturated carbocycles. The molecule has 112 valence electrons. The summed E-state index contributed by atoms with van der Waals surface area (Å²) in [4.78, 5) is 10.6. The Morgan fingerprint density at radius 1 is 1.50 bits per heavy atom. The van der Waals surface area contributed by atoms with Crippen LogP contribution < -0.4 is 5.32 Å². The summed E-state index contributed by atoms with van der Waals surface area (Å²) in [5, 5.41) is 7.35. The Labute approximate surface area is 121 Å². The molecule has 0 bridgehead atoms. The smallest absolute Gasteiger partial charge is 0.193 e. The summed E-state index contributed by atoms with van der Waals surface area (Å²) in [7, 11) is 5.74. The summed E-state index contributed by atoms with van der Waals surface area (Å²) in [6, 6.07) is 0. The third-order valence-electron chi connectivity index (χ3n) is 3.18. The number of rotatable bonds is 8. The summed E-state index contributed by atoms with van der Waals surface area (Å²) < 4.78 is 1.76. The second-order valence-electron chi connectivity index (χ2n) is 4.76. The van der Waals surface area contributed by atoms with E-state index in [9.17, 15) is 0 Å². The fourth-order valence-corrected chi connectivity index (χ4v) is 1.94. The van der Waals surface area contributed by atoms with Crippen LogP contribution in [0.15, 0.2) is 24.0 Å². The van der Waals surface area contributed by atoms with Crippen molar-refractivity contribution in [3.63, 3.8) is 0 Å². The molecule has 6 nitrogen and oxygen atoms in total. The van der Waals surface area contributed by atoms with Gasteiger partial charge in [0.1, 0.15) is 12.2 Å². The Morgan fingerprint density at radius 2 is 2.30 bits per heavy atom. The molecule has 1 aromatic heterocycles. The van der Waals surface area contributed by atoms with Crippen LogP contribution >= 0.6 is 0 Å². The second kappa shape index (κ2) is 9.12. The summed E-state index contributed by atoms with van der Waals surface area (Å²) in [5.74, 6) is 1.78. The van der Waals surface area contributed by atoms with Gasteiger partial charge in [-0.05, 0) is 19.3 Å². The largest absolute Gasteiger partial charge is 0.349 e. The Balaban J connectivity index is 2.30. The average Bonchev–Trinajstić information content (AvgIpc) is 2.85. The number of guanidine groups is 1. The van der Waals surface area contributed by atoms with Crippen LogP contribution in [0.5, 0.6) is 0 Å². The van der Waals surface area contributed by atoms with Gasteiger partial charge in [-0.2, -0.15) is 5.10 Å². The van der Waals surface area contributed by atoms with E-state index in [-0.39, 0.29) is 0 Å². The van der Waals surface area contributed by atoms with Crippen molar-refractivity contribution < 1.29 is 0 Å². The minimum absolute atomic E-state index is 0.629. The quantitative estimate of drug-likeness (QED) is 0.339. The first-order chi connectivity index (χ1) is 9.69. The first-order valence-electron chi connectivity index (χ1n) is 7.04. The highest BCUT2D eigenvalue weighted by atomic mass is 15.3. The number of nitrogens with one attached hydrogen (secondary N) is 1. The van der Waals surface area contributed by atoms with Crippen LogP contribution in [-0.2, 0) is 13.6 Å². The SMILES string of the molecule is C=CCCCCCN(C)C(=NC)NCc1ncnn1C. The van der Waals surface area contributed by atoms with Crippen molar-refractivity contribution in [1.82, 2.24) is 25.0 Å². The first-order valence-corrected chi connectivity index (χ1v) is 7.04. The molecule has 0 aliphatic heterocycles. The third kappa shape index (κ3) is 5.42. The zero-order chi connectivity index (χ0) is 14.8. The first kappa shape index (κ1) is 16.2. The van der Waals surface area contributed by atoms with Crippen LogP contribution in [0.2, 0.25) is 0 Å². The number of aryl methyl sites for hydroxylation is 1. The summed E-state index contributed by atoms with van der Waals surface area (Å²) in [6.07, 6.45) is 8.23. The summed E-state index contributed by atoms with van der Waals surface area (Å²) >= 11 is 0.